The van der Waals surface area contributed by atoms with Gasteiger partial charge >= 0.3 is 0 Å². The third kappa shape index (κ3) is 3.57. The van der Waals surface area contributed by atoms with Gasteiger partial charge in [0, 0.05) is 29.3 Å². The Balaban J connectivity index is 1.51. The molecule has 2 aromatic heterocycles. The molecule has 0 saturated heterocycles. The van der Waals surface area contributed by atoms with Crippen LogP contribution in [-0.4, -0.2) is 21.1 Å². The van der Waals surface area contributed by atoms with E-state index >= 15 is 0 Å². The van der Waals surface area contributed by atoms with E-state index in [2.05, 4.69) is 9.97 Å². The Morgan fingerprint density at radius 3 is 2.96 bits per heavy atom. The van der Waals surface area contributed by atoms with Gasteiger partial charge < -0.3 is 10.5 Å². The molecule has 1 aromatic carbocycles. The minimum absolute atomic E-state index is 0.0452. The fourth-order valence-corrected chi connectivity index (χ4v) is 3.47. The number of nitrogen functional groups attached to an aromatic ring is 1. The molecule has 6 nitrogen and oxygen atoms in total. The van der Waals surface area contributed by atoms with Crippen LogP contribution in [0, 0.1) is 12.7 Å². The normalized spacial score (nSPS) is 16.4. The number of anilines is 1. The molecule has 28 heavy (non-hydrogen) atoms. The van der Waals surface area contributed by atoms with Crippen LogP contribution in [0.1, 0.15) is 24.6 Å². The molecule has 4 rings (SSSR count). The Labute approximate surface area is 165 Å². The van der Waals surface area contributed by atoms with E-state index in [4.69, 9.17) is 22.1 Å². The first-order valence-corrected chi connectivity index (χ1v) is 9.21. The number of pyridine rings is 1. The molecule has 3 aromatic rings. The monoisotopic (exact) mass is 400 g/mol. The Morgan fingerprint density at radius 1 is 1.36 bits per heavy atom. The van der Waals surface area contributed by atoms with Crippen molar-refractivity contribution in [3.63, 3.8) is 0 Å². The number of aromatic nitrogens is 3. The number of hydrogen-bond donors (Lipinski definition) is 1. The minimum atomic E-state index is -0.475. The molecule has 1 aliphatic rings. The lowest BCUT2D eigenvalue weighted by Crippen LogP contribution is -2.22. The van der Waals surface area contributed by atoms with Crippen molar-refractivity contribution in [2.24, 2.45) is 0 Å². The predicted octanol–water partition coefficient (Wildman–Crippen LogP) is 3.81. The molecule has 2 N–H and O–H groups in total. The molecule has 0 spiro atoms. The Hall–Kier alpha value is -2.93. The molecule has 1 atom stereocenters. The lowest BCUT2D eigenvalue weighted by atomic mass is 10.2. The second kappa shape index (κ2) is 7.24. The van der Waals surface area contributed by atoms with Gasteiger partial charge in [0.25, 0.3) is 5.56 Å². The number of benzene rings is 1. The van der Waals surface area contributed by atoms with E-state index < -0.39 is 5.82 Å². The average molecular weight is 401 g/mol. The molecular weight excluding hydrogens is 383 g/mol. The highest BCUT2D eigenvalue weighted by molar-refractivity contribution is 6.33. The highest BCUT2D eigenvalue weighted by Crippen LogP contribution is 2.30. The van der Waals surface area contributed by atoms with Crippen LogP contribution in [0.4, 0.5) is 10.2 Å². The largest absolute Gasteiger partial charge is 0.489 e. The summed E-state index contributed by atoms with van der Waals surface area (Å²) in [4.78, 5) is 20.4. The summed E-state index contributed by atoms with van der Waals surface area (Å²) in [6.07, 6.45) is 5.17. The molecule has 0 aliphatic heterocycles. The van der Waals surface area contributed by atoms with Crippen LogP contribution in [0.15, 0.2) is 47.0 Å². The van der Waals surface area contributed by atoms with Crippen LogP contribution >= 0.6 is 11.6 Å². The van der Waals surface area contributed by atoms with E-state index in [1.54, 1.807) is 23.9 Å². The summed E-state index contributed by atoms with van der Waals surface area (Å²) in [5.74, 6) is 0.0272. The van der Waals surface area contributed by atoms with E-state index in [1.165, 1.54) is 18.2 Å². The van der Waals surface area contributed by atoms with E-state index in [-0.39, 0.29) is 27.8 Å². The number of halogens is 2. The number of fused-ring (bicyclic) bond motifs is 1. The van der Waals surface area contributed by atoms with Gasteiger partial charge in [0.1, 0.15) is 24.0 Å². The Kier molecular flexibility index (Phi) is 4.77. The van der Waals surface area contributed by atoms with Crippen molar-refractivity contribution in [1.82, 2.24) is 14.5 Å². The summed E-state index contributed by atoms with van der Waals surface area (Å²) in [6.45, 7) is 2.09. The van der Waals surface area contributed by atoms with Crippen molar-refractivity contribution in [3.05, 3.63) is 69.1 Å². The first kappa shape index (κ1) is 18.4. The standard InChI is InChI=1S/C20H18ClFN4O2/c1-11-4-19(27)26(10-24-11)13-3-2-12(5-13)9-28-14-6-17(22)15-8-16(21)20(23)25-18(15)7-14/h4-8,10,13H,2-3,9H2,1H3,(H2,23,25). The van der Waals surface area contributed by atoms with E-state index in [1.807, 2.05) is 6.08 Å². The molecule has 144 valence electrons. The summed E-state index contributed by atoms with van der Waals surface area (Å²) in [7, 11) is 0. The molecule has 0 amide bonds. The maximum absolute atomic E-state index is 14.3. The topological polar surface area (TPSA) is 83.0 Å². The van der Waals surface area contributed by atoms with Crippen molar-refractivity contribution in [2.75, 3.05) is 12.3 Å². The quantitative estimate of drug-likeness (QED) is 0.673. The summed E-state index contributed by atoms with van der Waals surface area (Å²) in [5, 5.41) is 0.501. The van der Waals surface area contributed by atoms with Gasteiger partial charge in [-0.2, -0.15) is 0 Å². The highest BCUT2D eigenvalue weighted by Gasteiger charge is 2.19. The molecule has 1 aliphatic carbocycles. The Morgan fingerprint density at radius 2 is 2.18 bits per heavy atom. The number of ether oxygens (including phenoxy) is 1. The summed E-state index contributed by atoms with van der Waals surface area (Å²) >= 11 is 5.91. The maximum Gasteiger partial charge on any atom is 0.254 e. The molecule has 0 saturated carbocycles. The molecule has 2 heterocycles. The van der Waals surface area contributed by atoms with Crippen molar-refractivity contribution < 1.29 is 9.13 Å². The number of rotatable bonds is 4. The van der Waals surface area contributed by atoms with E-state index in [0.717, 1.165) is 18.4 Å². The zero-order valence-electron chi connectivity index (χ0n) is 15.2. The Bertz CT molecular complexity index is 1160. The first-order chi connectivity index (χ1) is 13.4. The zero-order valence-corrected chi connectivity index (χ0v) is 15.9. The van der Waals surface area contributed by atoms with E-state index in [0.29, 0.717) is 23.6 Å². The summed E-state index contributed by atoms with van der Waals surface area (Å²) < 4.78 is 21.7. The van der Waals surface area contributed by atoms with Crippen molar-refractivity contribution in [2.45, 2.75) is 25.8 Å². The van der Waals surface area contributed by atoms with Gasteiger partial charge in [0.15, 0.2) is 0 Å². The maximum atomic E-state index is 14.3. The van der Waals surface area contributed by atoms with Gasteiger partial charge in [-0.15, -0.1) is 0 Å². The third-order valence-electron chi connectivity index (χ3n) is 4.78. The van der Waals surface area contributed by atoms with Crippen LogP contribution in [0.5, 0.6) is 5.75 Å². The fourth-order valence-electron chi connectivity index (χ4n) is 3.32. The molecule has 0 fully saturated rings. The molecule has 8 heteroatoms. The molecule has 0 radical (unpaired) electrons. The van der Waals surface area contributed by atoms with Gasteiger partial charge in [0.05, 0.1) is 22.9 Å². The highest BCUT2D eigenvalue weighted by atomic mass is 35.5. The number of hydrogen-bond acceptors (Lipinski definition) is 5. The summed E-state index contributed by atoms with van der Waals surface area (Å²) in [6, 6.07) is 5.86. The lowest BCUT2D eigenvalue weighted by molar-refractivity contribution is 0.347. The van der Waals surface area contributed by atoms with Crippen LogP contribution in [0.25, 0.3) is 10.9 Å². The first-order valence-electron chi connectivity index (χ1n) is 8.83. The van der Waals surface area contributed by atoms with Crippen molar-refractivity contribution in [3.8, 4) is 5.75 Å². The number of nitrogens with two attached hydrogens (primary N) is 1. The van der Waals surface area contributed by atoms with Crippen LogP contribution < -0.4 is 16.0 Å². The smallest absolute Gasteiger partial charge is 0.254 e. The average Bonchev–Trinajstić information content (AvgIpc) is 3.10. The van der Waals surface area contributed by atoms with Gasteiger partial charge in [-0.25, -0.2) is 14.4 Å². The zero-order chi connectivity index (χ0) is 19.8. The van der Waals surface area contributed by atoms with Crippen LogP contribution in [-0.2, 0) is 0 Å². The number of allylic oxidation sites excluding steroid dienone is 1. The van der Waals surface area contributed by atoms with Crippen molar-refractivity contribution in [1.29, 1.82) is 0 Å². The third-order valence-corrected chi connectivity index (χ3v) is 5.08. The lowest BCUT2D eigenvalue weighted by Gasteiger charge is -2.10. The van der Waals surface area contributed by atoms with Gasteiger partial charge in [-0.3, -0.25) is 9.36 Å². The second-order valence-electron chi connectivity index (χ2n) is 6.82. The van der Waals surface area contributed by atoms with E-state index in [9.17, 15) is 9.18 Å². The van der Waals surface area contributed by atoms with Gasteiger partial charge in [-0.1, -0.05) is 17.7 Å². The minimum Gasteiger partial charge on any atom is -0.489 e. The second-order valence-corrected chi connectivity index (χ2v) is 7.23. The number of aryl methyl sites for hydroxylation is 1. The molecule has 0 bridgehead atoms. The number of nitrogens with zero attached hydrogens (tertiary/aromatic N) is 3. The predicted molar refractivity (Wildman–Crippen MR) is 106 cm³/mol. The van der Waals surface area contributed by atoms with Gasteiger partial charge in [-0.05, 0) is 31.4 Å². The molecule has 1 unspecified atom stereocenters. The molecular formula is C20H18ClFN4O2. The van der Waals surface area contributed by atoms with Crippen LogP contribution in [0.2, 0.25) is 5.02 Å². The van der Waals surface area contributed by atoms with Crippen molar-refractivity contribution >= 4 is 28.3 Å². The SMILES string of the molecule is Cc1cc(=O)n(C2C=C(COc3cc(F)c4cc(Cl)c(N)nc4c3)CC2)cn1. The summed E-state index contributed by atoms with van der Waals surface area (Å²) in [5.41, 5.74) is 7.75. The fraction of sp³-hybridized carbons (Fsp3) is 0.250. The van der Waals surface area contributed by atoms with Gasteiger partial charge in [0.2, 0.25) is 0 Å². The van der Waals surface area contributed by atoms with Crippen LogP contribution in [0.3, 0.4) is 0 Å².